The highest BCUT2D eigenvalue weighted by atomic mass is 35.5. The molecule has 2 aromatic carbocycles. The Morgan fingerprint density at radius 1 is 1.08 bits per heavy atom. The standard InChI is InChI=1S/C28H39ClNO7PS/c1-20-9-12-24(36-19-33-6)25(17-20)39-22-11-10-21(23(29)18-22)13-14-28(5,15-16-38(32,34-7)35-8)30-26(31)37-27(2,3)4/h9-12,15-18H,13-14,19H2,1-8H3,(H,30,31)/b16-15+/t28-/m0/s1. The normalized spacial score (nSPS) is 13.8. The maximum absolute atomic E-state index is 12.6. The van der Waals surface area contributed by atoms with Crippen molar-refractivity contribution in [2.75, 3.05) is 28.1 Å². The number of aryl methyl sites for hydroxylation is 2. The summed E-state index contributed by atoms with van der Waals surface area (Å²) < 4.78 is 38.8. The van der Waals surface area contributed by atoms with Crippen molar-refractivity contribution in [3.05, 3.63) is 64.4 Å². The van der Waals surface area contributed by atoms with Gasteiger partial charge in [0.2, 0.25) is 0 Å². The Balaban J connectivity index is 2.24. The van der Waals surface area contributed by atoms with Gasteiger partial charge in [-0.25, -0.2) is 4.79 Å². The van der Waals surface area contributed by atoms with E-state index in [2.05, 4.69) is 11.4 Å². The molecule has 1 N–H and O–H groups in total. The minimum atomic E-state index is -3.44. The SMILES string of the molecule is COCOc1ccc(C)cc1Sc1ccc(CC[C@@](C)(/C=C/P(=O)(OC)OC)NC(=O)OC(C)(C)C)c(Cl)c1. The number of hydrogen-bond acceptors (Lipinski definition) is 8. The van der Waals surface area contributed by atoms with Crippen molar-refractivity contribution in [3.8, 4) is 5.75 Å². The van der Waals surface area contributed by atoms with Gasteiger partial charge < -0.3 is 28.6 Å². The second-order valence-corrected chi connectivity index (χ2v) is 13.8. The van der Waals surface area contributed by atoms with Crippen molar-refractivity contribution in [2.24, 2.45) is 0 Å². The summed E-state index contributed by atoms with van der Waals surface area (Å²) in [4.78, 5) is 14.5. The zero-order valence-electron chi connectivity index (χ0n) is 23.8. The van der Waals surface area contributed by atoms with Gasteiger partial charge in [-0.05, 0) is 82.9 Å². The largest absolute Gasteiger partial charge is 0.466 e. The first-order valence-electron chi connectivity index (χ1n) is 12.3. The van der Waals surface area contributed by atoms with Gasteiger partial charge in [0.15, 0.2) is 6.79 Å². The van der Waals surface area contributed by atoms with Crippen molar-refractivity contribution in [1.82, 2.24) is 5.32 Å². The van der Waals surface area contributed by atoms with Gasteiger partial charge in [-0.15, -0.1) is 0 Å². The minimum absolute atomic E-state index is 0.158. The van der Waals surface area contributed by atoms with Crippen LogP contribution in [0.4, 0.5) is 4.79 Å². The summed E-state index contributed by atoms with van der Waals surface area (Å²) >= 11 is 8.23. The Kier molecular flexibility index (Phi) is 12.4. The maximum atomic E-state index is 12.6. The Hall–Kier alpha value is -2.00. The highest BCUT2D eigenvalue weighted by Crippen LogP contribution is 2.48. The fourth-order valence-corrected chi connectivity index (χ4v) is 5.71. The third kappa shape index (κ3) is 11.2. The fraction of sp³-hybridized carbons (Fsp3) is 0.464. The van der Waals surface area contributed by atoms with E-state index in [1.54, 1.807) is 52.6 Å². The van der Waals surface area contributed by atoms with Crippen LogP contribution >= 0.6 is 31.0 Å². The highest BCUT2D eigenvalue weighted by molar-refractivity contribution is 7.99. The first-order valence-corrected chi connectivity index (χ1v) is 15.1. The number of halogens is 1. The number of benzene rings is 2. The van der Waals surface area contributed by atoms with Crippen molar-refractivity contribution < 1.29 is 32.6 Å². The number of ether oxygens (including phenoxy) is 3. The molecule has 216 valence electrons. The topological polar surface area (TPSA) is 92.3 Å². The summed E-state index contributed by atoms with van der Waals surface area (Å²) in [6.45, 7) is 9.34. The van der Waals surface area contributed by atoms with Gasteiger partial charge in [0, 0.05) is 37.1 Å². The van der Waals surface area contributed by atoms with Gasteiger partial charge in [0.25, 0.3) is 0 Å². The number of rotatable bonds is 13. The second kappa shape index (κ2) is 14.6. The van der Waals surface area contributed by atoms with E-state index in [-0.39, 0.29) is 6.79 Å². The molecule has 0 fully saturated rings. The number of methoxy groups -OCH3 is 1. The molecule has 0 aliphatic carbocycles. The average Bonchev–Trinajstić information content (AvgIpc) is 2.85. The van der Waals surface area contributed by atoms with Crippen LogP contribution in [0, 0.1) is 6.92 Å². The van der Waals surface area contributed by atoms with Crippen LogP contribution in [-0.4, -0.2) is 45.4 Å². The molecule has 0 aliphatic heterocycles. The third-order valence-corrected chi connectivity index (χ3v) is 8.43. The smallest absolute Gasteiger partial charge is 0.408 e. The Labute approximate surface area is 241 Å². The van der Waals surface area contributed by atoms with Crippen LogP contribution in [0.25, 0.3) is 0 Å². The molecule has 0 aromatic heterocycles. The number of nitrogens with one attached hydrogen (secondary N) is 1. The average molecular weight is 600 g/mol. The molecule has 0 aliphatic rings. The summed E-state index contributed by atoms with van der Waals surface area (Å²) in [5, 5.41) is 3.47. The number of amides is 1. The first-order chi connectivity index (χ1) is 18.2. The van der Waals surface area contributed by atoms with E-state index in [1.165, 1.54) is 20.0 Å². The van der Waals surface area contributed by atoms with Gasteiger partial charge in [0.05, 0.1) is 10.4 Å². The van der Waals surface area contributed by atoms with E-state index in [0.717, 1.165) is 26.7 Å². The predicted molar refractivity (Wildman–Crippen MR) is 156 cm³/mol. The summed E-state index contributed by atoms with van der Waals surface area (Å²) in [6, 6.07) is 11.8. The number of alkyl carbamates (subject to hydrolysis) is 1. The highest BCUT2D eigenvalue weighted by Gasteiger charge is 2.29. The zero-order chi connectivity index (χ0) is 29.3. The third-order valence-electron chi connectivity index (χ3n) is 5.52. The number of hydrogen-bond donors (Lipinski definition) is 1. The van der Waals surface area contributed by atoms with Gasteiger partial charge in [-0.1, -0.05) is 41.6 Å². The number of carbonyl (C=O) groups excluding carboxylic acids is 1. The Bertz CT molecular complexity index is 1190. The first kappa shape index (κ1) is 33.2. The van der Waals surface area contributed by atoms with Crippen LogP contribution in [-0.2, 0) is 29.5 Å². The molecule has 0 unspecified atom stereocenters. The van der Waals surface area contributed by atoms with Gasteiger partial charge in [-0.2, -0.15) is 0 Å². The van der Waals surface area contributed by atoms with Crippen molar-refractivity contribution >= 4 is 37.1 Å². The molecule has 39 heavy (non-hydrogen) atoms. The monoisotopic (exact) mass is 599 g/mol. The van der Waals surface area contributed by atoms with Crippen LogP contribution in [0.5, 0.6) is 5.75 Å². The molecule has 0 heterocycles. The molecular weight excluding hydrogens is 561 g/mol. The van der Waals surface area contributed by atoms with E-state index in [9.17, 15) is 9.36 Å². The van der Waals surface area contributed by atoms with Crippen molar-refractivity contribution in [1.29, 1.82) is 0 Å². The summed E-state index contributed by atoms with van der Waals surface area (Å²) in [6.07, 6.45) is 1.98. The lowest BCUT2D eigenvalue weighted by molar-refractivity contribution is 0.0479. The molecule has 0 saturated heterocycles. The molecule has 1 atom stereocenters. The van der Waals surface area contributed by atoms with E-state index in [4.69, 9.17) is 34.9 Å². The molecule has 0 bridgehead atoms. The van der Waals surface area contributed by atoms with E-state index in [0.29, 0.717) is 17.9 Å². The van der Waals surface area contributed by atoms with Gasteiger partial charge in [0.1, 0.15) is 11.4 Å². The molecule has 0 spiro atoms. The lowest BCUT2D eigenvalue weighted by Crippen LogP contribution is -2.47. The number of carbonyl (C=O) groups is 1. The maximum Gasteiger partial charge on any atom is 0.408 e. The quantitative estimate of drug-likeness (QED) is 0.183. The van der Waals surface area contributed by atoms with Gasteiger partial charge in [-0.3, -0.25) is 4.57 Å². The van der Waals surface area contributed by atoms with Crippen LogP contribution in [0.2, 0.25) is 5.02 Å². The van der Waals surface area contributed by atoms with Crippen LogP contribution < -0.4 is 10.1 Å². The minimum Gasteiger partial charge on any atom is -0.466 e. The Morgan fingerprint density at radius 2 is 1.77 bits per heavy atom. The van der Waals surface area contributed by atoms with Crippen LogP contribution in [0.3, 0.4) is 0 Å². The molecular formula is C28H39ClNO7PS. The summed E-state index contributed by atoms with van der Waals surface area (Å²) in [7, 11) is 0.742. The molecule has 2 rings (SSSR count). The Morgan fingerprint density at radius 3 is 2.36 bits per heavy atom. The van der Waals surface area contributed by atoms with Crippen molar-refractivity contribution in [3.63, 3.8) is 0 Å². The second-order valence-electron chi connectivity index (χ2n) is 10.1. The molecule has 0 radical (unpaired) electrons. The van der Waals surface area contributed by atoms with E-state index >= 15 is 0 Å². The fourth-order valence-electron chi connectivity index (χ4n) is 3.43. The zero-order valence-corrected chi connectivity index (χ0v) is 26.3. The summed E-state index contributed by atoms with van der Waals surface area (Å²) in [5.74, 6) is 2.07. The van der Waals surface area contributed by atoms with Crippen LogP contribution in [0.1, 0.15) is 45.2 Å². The molecule has 1 amide bonds. The lowest BCUT2D eigenvalue weighted by atomic mass is 9.93. The van der Waals surface area contributed by atoms with Gasteiger partial charge >= 0.3 is 13.7 Å². The molecule has 0 saturated carbocycles. The van der Waals surface area contributed by atoms with E-state index < -0.39 is 24.8 Å². The molecule has 8 nitrogen and oxygen atoms in total. The predicted octanol–water partition coefficient (Wildman–Crippen LogP) is 8.00. The summed E-state index contributed by atoms with van der Waals surface area (Å²) in [5.41, 5.74) is 0.404. The molecule has 2 aromatic rings. The van der Waals surface area contributed by atoms with E-state index in [1.807, 2.05) is 37.3 Å². The molecule has 11 heteroatoms. The lowest BCUT2D eigenvalue weighted by Gasteiger charge is -2.30. The van der Waals surface area contributed by atoms with Crippen molar-refractivity contribution in [2.45, 2.75) is 68.4 Å². The van der Waals surface area contributed by atoms with Crippen LogP contribution in [0.15, 0.2) is 58.1 Å².